The van der Waals surface area contributed by atoms with Crippen LogP contribution in [0.15, 0.2) is 29.9 Å². The first kappa shape index (κ1) is 17.5. The van der Waals surface area contributed by atoms with Gasteiger partial charge in [-0.3, -0.25) is 14.0 Å². The molecule has 0 saturated heterocycles. The van der Waals surface area contributed by atoms with Crippen molar-refractivity contribution in [3.05, 3.63) is 40.5 Å². The van der Waals surface area contributed by atoms with E-state index in [9.17, 15) is 8.78 Å². The van der Waals surface area contributed by atoms with Gasteiger partial charge in [0, 0.05) is 18.4 Å². The molecule has 1 fully saturated rings. The molecule has 4 rings (SSSR count). The van der Waals surface area contributed by atoms with E-state index in [2.05, 4.69) is 9.55 Å². The molecule has 1 saturated carbocycles. The first-order valence-electron chi connectivity index (χ1n) is 8.26. The Kier molecular flexibility index (Phi) is 4.72. The van der Waals surface area contributed by atoms with Crippen molar-refractivity contribution in [2.75, 3.05) is 7.05 Å². The first-order valence-corrected chi connectivity index (χ1v) is 9.55. The van der Waals surface area contributed by atoms with Gasteiger partial charge in [-0.15, -0.1) is 16.4 Å². The van der Waals surface area contributed by atoms with Gasteiger partial charge in [-0.25, -0.2) is 9.67 Å². The third-order valence-electron chi connectivity index (χ3n) is 4.27. The third-order valence-corrected chi connectivity index (χ3v) is 5.54. The molecule has 3 aromatic heterocycles. The Hall–Kier alpha value is -1.91. The predicted octanol–water partition coefficient (Wildman–Crippen LogP) is 4.16. The Morgan fingerprint density at radius 3 is 2.88 bits per heavy atom. The van der Waals surface area contributed by atoms with Crippen LogP contribution in [0.1, 0.15) is 31.3 Å². The molecule has 0 atom stereocenters. The van der Waals surface area contributed by atoms with Gasteiger partial charge < -0.3 is 0 Å². The Morgan fingerprint density at radius 1 is 1.42 bits per heavy atom. The lowest BCUT2D eigenvalue weighted by Crippen LogP contribution is -2.24. The van der Waals surface area contributed by atoms with Crippen LogP contribution in [0.5, 0.6) is 0 Å². The van der Waals surface area contributed by atoms with E-state index in [1.54, 1.807) is 16.0 Å². The van der Waals surface area contributed by atoms with Crippen molar-refractivity contribution in [1.29, 1.82) is 0 Å². The highest BCUT2D eigenvalue weighted by Crippen LogP contribution is 2.39. The SMILES string of the molecule is CN(Cc1nccn1C(F)F)Cn1nc(-c2cccs2)n(C2CC2)c1=S. The molecule has 10 heteroatoms. The molecule has 3 aromatic rings. The molecule has 0 amide bonds. The maximum absolute atomic E-state index is 13.0. The minimum Gasteiger partial charge on any atom is -0.296 e. The monoisotopic (exact) mass is 396 g/mol. The zero-order chi connectivity index (χ0) is 18.3. The summed E-state index contributed by atoms with van der Waals surface area (Å²) in [6.07, 6.45) is 4.90. The minimum atomic E-state index is -2.59. The third kappa shape index (κ3) is 3.36. The summed E-state index contributed by atoms with van der Waals surface area (Å²) in [7, 11) is 1.84. The Balaban J connectivity index is 1.57. The molecule has 26 heavy (non-hydrogen) atoms. The number of hydrogen-bond acceptors (Lipinski definition) is 5. The second kappa shape index (κ2) is 7.01. The molecular formula is C16H18F2N6S2. The van der Waals surface area contributed by atoms with Gasteiger partial charge in [0.1, 0.15) is 5.82 Å². The lowest BCUT2D eigenvalue weighted by atomic mass is 10.4. The van der Waals surface area contributed by atoms with Gasteiger partial charge in [0.05, 0.1) is 18.1 Å². The van der Waals surface area contributed by atoms with Crippen molar-refractivity contribution in [1.82, 2.24) is 28.8 Å². The molecule has 0 unspecified atom stereocenters. The number of hydrogen-bond donors (Lipinski definition) is 0. The van der Waals surface area contributed by atoms with Crippen LogP contribution in [0.3, 0.4) is 0 Å². The van der Waals surface area contributed by atoms with Gasteiger partial charge >= 0.3 is 6.55 Å². The number of alkyl halides is 2. The summed E-state index contributed by atoms with van der Waals surface area (Å²) in [5, 5.41) is 6.73. The normalized spacial score (nSPS) is 14.7. The topological polar surface area (TPSA) is 43.8 Å². The summed E-state index contributed by atoms with van der Waals surface area (Å²) in [5.41, 5.74) is 0. The van der Waals surface area contributed by atoms with Crippen LogP contribution < -0.4 is 0 Å². The van der Waals surface area contributed by atoms with E-state index < -0.39 is 6.55 Å². The number of nitrogens with zero attached hydrogens (tertiary/aromatic N) is 6. The van der Waals surface area contributed by atoms with E-state index in [0.29, 0.717) is 23.3 Å². The predicted molar refractivity (Wildman–Crippen MR) is 97.6 cm³/mol. The zero-order valence-electron chi connectivity index (χ0n) is 14.1. The summed E-state index contributed by atoms with van der Waals surface area (Å²) < 4.78 is 31.4. The summed E-state index contributed by atoms with van der Waals surface area (Å²) in [5.74, 6) is 1.20. The lowest BCUT2D eigenvalue weighted by molar-refractivity contribution is 0.0636. The molecule has 0 spiro atoms. The van der Waals surface area contributed by atoms with E-state index in [4.69, 9.17) is 17.3 Å². The van der Waals surface area contributed by atoms with Gasteiger partial charge in [-0.2, -0.15) is 8.78 Å². The Morgan fingerprint density at radius 2 is 2.23 bits per heavy atom. The fourth-order valence-corrected chi connectivity index (χ4v) is 3.95. The lowest BCUT2D eigenvalue weighted by Gasteiger charge is -2.16. The van der Waals surface area contributed by atoms with Crippen molar-refractivity contribution >= 4 is 23.6 Å². The van der Waals surface area contributed by atoms with Gasteiger partial charge in [0.25, 0.3) is 0 Å². The van der Waals surface area contributed by atoms with Crippen molar-refractivity contribution in [2.45, 2.75) is 38.6 Å². The highest BCUT2D eigenvalue weighted by molar-refractivity contribution is 7.71. The average molecular weight is 396 g/mol. The maximum Gasteiger partial charge on any atom is 0.319 e. The molecular weight excluding hydrogens is 378 g/mol. The van der Waals surface area contributed by atoms with Gasteiger partial charge in [-0.1, -0.05) is 6.07 Å². The highest BCUT2D eigenvalue weighted by Gasteiger charge is 2.29. The fourth-order valence-electron chi connectivity index (χ4n) is 2.91. The van der Waals surface area contributed by atoms with Crippen molar-refractivity contribution < 1.29 is 8.78 Å². The van der Waals surface area contributed by atoms with E-state index in [-0.39, 0.29) is 6.54 Å². The first-order chi connectivity index (χ1) is 12.5. The summed E-state index contributed by atoms with van der Waals surface area (Å²) in [6, 6.07) is 4.44. The van der Waals surface area contributed by atoms with E-state index in [0.717, 1.165) is 28.1 Å². The Labute approximate surface area is 158 Å². The average Bonchev–Trinajstić information content (AvgIpc) is 3.00. The van der Waals surface area contributed by atoms with Crippen molar-refractivity contribution in [2.24, 2.45) is 0 Å². The van der Waals surface area contributed by atoms with Crippen molar-refractivity contribution in [3.8, 4) is 10.7 Å². The van der Waals surface area contributed by atoms with Crippen LogP contribution in [0.25, 0.3) is 10.7 Å². The van der Waals surface area contributed by atoms with Gasteiger partial charge in [0.2, 0.25) is 0 Å². The van der Waals surface area contributed by atoms with Crippen molar-refractivity contribution in [3.63, 3.8) is 0 Å². The molecule has 138 valence electrons. The molecule has 1 aliphatic rings. The number of thiophene rings is 1. The van der Waals surface area contributed by atoms with Crippen LogP contribution in [0.2, 0.25) is 0 Å². The quantitative estimate of drug-likeness (QED) is 0.563. The maximum atomic E-state index is 13.0. The van der Waals surface area contributed by atoms with E-state index in [1.807, 2.05) is 29.5 Å². The molecule has 0 N–H and O–H groups in total. The standard InChI is InChI=1S/C16H18F2N6S2/c1-21(9-13-19-6-7-22(13)15(17)18)10-23-16(25)24(11-4-5-11)14(20-23)12-3-2-8-26-12/h2-3,6-8,11,15H,4-5,9-10H2,1H3. The second-order valence-electron chi connectivity index (χ2n) is 6.37. The number of imidazole rings is 1. The smallest absolute Gasteiger partial charge is 0.296 e. The summed E-state index contributed by atoms with van der Waals surface area (Å²) >= 11 is 7.27. The molecule has 0 bridgehead atoms. The molecule has 3 heterocycles. The largest absolute Gasteiger partial charge is 0.319 e. The van der Waals surface area contributed by atoms with Gasteiger partial charge in [-0.05, 0) is 43.6 Å². The summed E-state index contributed by atoms with van der Waals surface area (Å²) in [6.45, 7) is -1.90. The molecule has 0 aromatic carbocycles. The zero-order valence-corrected chi connectivity index (χ0v) is 15.8. The molecule has 1 aliphatic carbocycles. The molecule has 0 aliphatic heterocycles. The van der Waals surface area contributed by atoms with Crippen LogP contribution in [0.4, 0.5) is 8.78 Å². The second-order valence-corrected chi connectivity index (χ2v) is 7.68. The number of aromatic nitrogens is 5. The van der Waals surface area contributed by atoms with E-state index in [1.165, 1.54) is 12.4 Å². The number of halogens is 2. The molecule has 0 radical (unpaired) electrons. The van der Waals surface area contributed by atoms with Crippen LogP contribution in [0, 0.1) is 4.77 Å². The number of rotatable bonds is 7. The van der Waals surface area contributed by atoms with E-state index >= 15 is 0 Å². The van der Waals surface area contributed by atoms with Crippen LogP contribution in [-0.2, 0) is 13.2 Å². The molecule has 6 nitrogen and oxygen atoms in total. The summed E-state index contributed by atoms with van der Waals surface area (Å²) in [4.78, 5) is 6.98. The van der Waals surface area contributed by atoms with Crippen LogP contribution in [-0.4, -0.2) is 35.8 Å². The Bertz CT molecular complexity index is 939. The van der Waals surface area contributed by atoms with Crippen LogP contribution >= 0.6 is 23.6 Å². The fraction of sp³-hybridized carbons (Fsp3) is 0.438. The van der Waals surface area contributed by atoms with Gasteiger partial charge in [0.15, 0.2) is 10.6 Å². The highest BCUT2D eigenvalue weighted by atomic mass is 32.1. The minimum absolute atomic E-state index is 0.281.